The first kappa shape index (κ1) is 11.1. The van der Waals surface area contributed by atoms with Gasteiger partial charge in [0.15, 0.2) is 5.82 Å². The van der Waals surface area contributed by atoms with E-state index in [1.807, 2.05) is 6.92 Å². The minimum Gasteiger partial charge on any atom is -0.492 e. The van der Waals surface area contributed by atoms with E-state index in [1.165, 1.54) is 0 Å². The second kappa shape index (κ2) is 4.24. The second-order valence-corrected chi connectivity index (χ2v) is 4.16. The number of hydrogen-bond acceptors (Lipinski definition) is 4. The Morgan fingerprint density at radius 3 is 3.00 bits per heavy atom. The third-order valence-electron chi connectivity index (χ3n) is 2.10. The monoisotopic (exact) mass is 332 g/mol. The zero-order chi connectivity index (χ0) is 11.7. The summed E-state index contributed by atoms with van der Waals surface area (Å²) >= 11 is 1.74. The number of aromatic nitrogens is 4. The molecule has 0 radical (unpaired) electrons. The maximum atomic E-state index is 11.5. The van der Waals surface area contributed by atoms with Crippen LogP contribution in [0.15, 0.2) is 17.1 Å². The average molecular weight is 332 g/mol. The van der Waals surface area contributed by atoms with Crippen molar-refractivity contribution in [2.24, 2.45) is 0 Å². The molecule has 0 saturated heterocycles. The van der Waals surface area contributed by atoms with Crippen molar-refractivity contribution in [1.29, 1.82) is 0 Å². The topological polar surface area (TPSA) is 83.8 Å². The van der Waals surface area contributed by atoms with E-state index in [-0.39, 0.29) is 15.0 Å². The summed E-state index contributed by atoms with van der Waals surface area (Å²) in [7, 11) is 0. The Kier molecular flexibility index (Phi) is 2.95. The van der Waals surface area contributed by atoms with Crippen molar-refractivity contribution in [3.05, 3.63) is 26.2 Å². The van der Waals surface area contributed by atoms with Crippen LogP contribution in [0.1, 0.15) is 6.92 Å². The van der Waals surface area contributed by atoms with Gasteiger partial charge in [-0.15, -0.1) is 0 Å². The van der Waals surface area contributed by atoms with Gasteiger partial charge in [0, 0.05) is 12.7 Å². The lowest BCUT2D eigenvalue weighted by molar-refractivity contribution is 0.447. The number of H-pyrrole nitrogens is 1. The Bertz CT molecular complexity index is 575. The number of nitrogens with zero attached hydrogens (tertiary/aromatic N) is 3. The van der Waals surface area contributed by atoms with E-state index in [9.17, 15) is 9.90 Å². The van der Waals surface area contributed by atoms with Crippen molar-refractivity contribution in [1.82, 2.24) is 19.7 Å². The van der Waals surface area contributed by atoms with Crippen molar-refractivity contribution in [2.75, 3.05) is 0 Å². The van der Waals surface area contributed by atoms with E-state index in [2.05, 4.69) is 15.1 Å². The average Bonchev–Trinajstić information content (AvgIpc) is 2.73. The lowest BCUT2D eigenvalue weighted by atomic mass is 10.4. The van der Waals surface area contributed by atoms with Crippen molar-refractivity contribution in [3.8, 4) is 17.4 Å². The van der Waals surface area contributed by atoms with Gasteiger partial charge >= 0.3 is 0 Å². The predicted molar refractivity (Wildman–Crippen MR) is 66.1 cm³/mol. The van der Waals surface area contributed by atoms with Gasteiger partial charge in [0.1, 0.15) is 9.26 Å². The molecule has 6 nitrogen and oxygen atoms in total. The highest BCUT2D eigenvalue weighted by Gasteiger charge is 2.11. The molecule has 0 spiro atoms. The van der Waals surface area contributed by atoms with E-state index in [0.29, 0.717) is 18.1 Å². The Balaban J connectivity index is 2.61. The quantitative estimate of drug-likeness (QED) is 0.803. The first-order valence-corrected chi connectivity index (χ1v) is 5.72. The molecule has 0 fully saturated rings. The molecule has 2 aromatic rings. The van der Waals surface area contributed by atoms with E-state index >= 15 is 0 Å². The summed E-state index contributed by atoms with van der Waals surface area (Å²) < 4.78 is 1.87. The van der Waals surface area contributed by atoms with Crippen LogP contribution in [0.4, 0.5) is 0 Å². The van der Waals surface area contributed by atoms with Gasteiger partial charge < -0.3 is 10.1 Å². The minimum atomic E-state index is -0.355. The largest absolute Gasteiger partial charge is 0.492 e. The van der Waals surface area contributed by atoms with E-state index in [4.69, 9.17) is 0 Å². The van der Waals surface area contributed by atoms with Gasteiger partial charge in [0.2, 0.25) is 5.88 Å². The fourth-order valence-corrected chi connectivity index (χ4v) is 1.61. The van der Waals surface area contributed by atoms with Gasteiger partial charge in [0.25, 0.3) is 5.56 Å². The minimum absolute atomic E-state index is 0.184. The van der Waals surface area contributed by atoms with Crippen LogP contribution in [0, 0.1) is 3.57 Å². The van der Waals surface area contributed by atoms with Crippen LogP contribution in [0.25, 0.3) is 11.5 Å². The summed E-state index contributed by atoms with van der Waals surface area (Å²) in [6, 6.07) is 1.73. The Morgan fingerprint density at radius 1 is 1.62 bits per heavy atom. The summed E-state index contributed by atoms with van der Waals surface area (Å²) in [6.07, 6.45) is 1.62. The number of aryl methyl sites for hydroxylation is 1. The molecule has 2 aromatic heterocycles. The van der Waals surface area contributed by atoms with Gasteiger partial charge in [-0.1, -0.05) is 0 Å². The number of rotatable bonds is 2. The van der Waals surface area contributed by atoms with Crippen LogP contribution in [0.2, 0.25) is 0 Å². The summed E-state index contributed by atoms with van der Waals surface area (Å²) in [5.41, 5.74) is 0.318. The normalized spacial score (nSPS) is 10.6. The molecular weight excluding hydrogens is 323 g/mol. The zero-order valence-corrected chi connectivity index (χ0v) is 10.6. The van der Waals surface area contributed by atoms with Crippen molar-refractivity contribution >= 4 is 22.6 Å². The molecule has 2 N–H and O–H groups in total. The molecule has 0 bridgehead atoms. The van der Waals surface area contributed by atoms with Crippen LogP contribution < -0.4 is 5.56 Å². The Labute approximate surface area is 104 Å². The fraction of sp³-hybridized carbons (Fsp3) is 0.222. The van der Waals surface area contributed by atoms with Crippen LogP contribution in [-0.2, 0) is 6.54 Å². The molecule has 16 heavy (non-hydrogen) atoms. The van der Waals surface area contributed by atoms with Gasteiger partial charge in [-0.2, -0.15) is 10.1 Å². The Morgan fingerprint density at radius 2 is 2.38 bits per heavy atom. The molecule has 0 atom stereocenters. The van der Waals surface area contributed by atoms with Crippen molar-refractivity contribution < 1.29 is 5.11 Å². The van der Waals surface area contributed by atoms with Gasteiger partial charge in [-0.3, -0.25) is 9.48 Å². The van der Waals surface area contributed by atoms with Crippen LogP contribution in [0.5, 0.6) is 5.88 Å². The molecule has 84 valence electrons. The lowest BCUT2D eigenvalue weighted by Crippen LogP contribution is -2.13. The molecule has 2 rings (SSSR count). The SMILES string of the molecule is CCn1nccc1-c1nc(O)c(I)c(=O)[nH]1. The molecule has 0 amide bonds. The standard InChI is InChI=1S/C9H9IN4O2/c1-2-14-5(3-4-11-14)7-12-8(15)6(10)9(16)13-7/h3-4H,2H2,1H3,(H2,12,13,15,16). The van der Waals surface area contributed by atoms with Gasteiger partial charge in [-0.25, -0.2) is 0 Å². The van der Waals surface area contributed by atoms with Crippen LogP contribution >= 0.6 is 22.6 Å². The molecule has 0 aliphatic rings. The van der Waals surface area contributed by atoms with Crippen LogP contribution in [0.3, 0.4) is 0 Å². The molecule has 2 heterocycles. The van der Waals surface area contributed by atoms with Crippen molar-refractivity contribution in [2.45, 2.75) is 13.5 Å². The molecular formula is C9H9IN4O2. The third-order valence-corrected chi connectivity index (χ3v) is 3.08. The first-order chi connectivity index (χ1) is 7.63. The number of aromatic amines is 1. The highest BCUT2D eigenvalue weighted by atomic mass is 127. The molecule has 0 aromatic carbocycles. The maximum Gasteiger partial charge on any atom is 0.268 e. The summed E-state index contributed by atoms with van der Waals surface area (Å²) in [5.74, 6) is 0.0606. The smallest absolute Gasteiger partial charge is 0.268 e. The predicted octanol–water partition coefficient (Wildman–Crippen LogP) is 0.963. The fourth-order valence-electron chi connectivity index (χ4n) is 1.35. The molecule has 0 unspecified atom stereocenters. The number of nitrogens with one attached hydrogen (secondary N) is 1. The highest BCUT2D eigenvalue weighted by Crippen LogP contribution is 2.17. The van der Waals surface area contributed by atoms with Gasteiger partial charge in [-0.05, 0) is 35.6 Å². The highest BCUT2D eigenvalue weighted by molar-refractivity contribution is 14.1. The summed E-state index contributed by atoms with van der Waals surface area (Å²) in [6.45, 7) is 2.60. The Hall–Kier alpha value is -1.38. The molecule has 0 aliphatic carbocycles. The zero-order valence-electron chi connectivity index (χ0n) is 8.44. The number of halogens is 1. The molecule has 0 aliphatic heterocycles. The van der Waals surface area contributed by atoms with Crippen molar-refractivity contribution in [3.63, 3.8) is 0 Å². The maximum absolute atomic E-state index is 11.5. The second-order valence-electron chi connectivity index (χ2n) is 3.08. The molecule has 7 heteroatoms. The van der Waals surface area contributed by atoms with Crippen LogP contribution in [-0.4, -0.2) is 24.9 Å². The lowest BCUT2D eigenvalue weighted by Gasteiger charge is -2.04. The first-order valence-electron chi connectivity index (χ1n) is 4.64. The van der Waals surface area contributed by atoms with E-state index in [0.717, 1.165) is 0 Å². The van der Waals surface area contributed by atoms with Gasteiger partial charge in [0.05, 0.1) is 0 Å². The van der Waals surface area contributed by atoms with E-state index < -0.39 is 0 Å². The number of aromatic hydroxyl groups is 1. The third kappa shape index (κ3) is 1.82. The summed E-state index contributed by atoms with van der Waals surface area (Å²) in [4.78, 5) is 18.0. The molecule has 0 saturated carbocycles. The number of hydrogen-bond donors (Lipinski definition) is 2. The van der Waals surface area contributed by atoms with E-state index in [1.54, 1.807) is 39.5 Å². The summed E-state index contributed by atoms with van der Waals surface area (Å²) in [5, 5.41) is 13.5.